The quantitative estimate of drug-likeness (QED) is 0.728. The number of hydrogen-bond donors (Lipinski definition) is 1. The molecule has 3 aromatic rings. The van der Waals surface area contributed by atoms with Crippen LogP contribution < -0.4 is 14.8 Å². The number of rotatable bonds is 5. The minimum Gasteiger partial charge on any atom is -0.493 e. The van der Waals surface area contributed by atoms with Crippen LogP contribution in [0.3, 0.4) is 0 Å². The van der Waals surface area contributed by atoms with E-state index in [1.807, 2.05) is 25.1 Å². The number of ether oxygens (including phenoxy) is 2. The summed E-state index contributed by atoms with van der Waals surface area (Å²) in [4.78, 5) is 12.4. The van der Waals surface area contributed by atoms with Gasteiger partial charge in [-0.05, 0) is 48.9 Å². The Morgan fingerprint density at radius 1 is 1.21 bits per heavy atom. The summed E-state index contributed by atoms with van der Waals surface area (Å²) in [5, 5.41) is 7.31. The molecule has 2 heterocycles. The summed E-state index contributed by atoms with van der Waals surface area (Å²) in [5.74, 6) is 1.29. The number of amides is 1. The van der Waals surface area contributed by atoms with Crippen molar-refractivity contribution in [3.05, 3.63) is 65.6 Å². The lowest BCUT2D eigenvalue weighted by Gasteiger charge is -2.24. The molecule has 1 N–H and O–H groups in total. The van der Waals surface area contributed by atoms with Crippen LogP contribution in [-0.4, -0.2) is 29.4 Å². The topological polar surface area (TPSA) is 65.4 Å². The highest BCUT2D eigenvalue weighted by atomic mass is 19.1. The van der Waals surface area contributed by atoms with Gasteiger partial charge in [0.25, 0.3) is 0 Å². The average Bonchev–Trinajstić information content (AvgIpc) is 3.12. The molecule has 2 aromatic carbocycles. The van der Waals surface area contributed by atoms with E-state index in [2.05, 4.69) is 10.4 Å². The lowest BCUT2D eigenvalue weighted by Crippen LogP contribution is -2.24. The highest BCUT2D eigenvalue weighted by Gasteiger charge is 2.31. The van der Waals surface area contributed by atoms with E-state index >= 15 is 0 Å². The third kappa shape index (κ3) is 3.19. The molecule has 0 radical (unpaired) electrons. The normalized spacial score (nSPS) is 15.7. The maximum absolute atomic E-state index is 13.3. The molecule has 1 amide bonds. The monoisotopic (exact) mass is 381 g/mol. The molecule has 6 nitrogen and oxygen atoms in total. The molecule has 0 fully saturated rings. The van der Waals surface area contributed by atoms with Gasteiger partial charge in [0.2, 0.25) is 5.91 Å². The van der Waals surface area contributed by atoms with Crippen molar-refractivity contribution in [3.63, 3.8) is 0 Å². The van der Waals surface area contributed by atoms with E-state index in [1.165, 1.54) is 12.1 Å². The smallest absolute Gasteiger partial charge is 0.226 e. The van der Waals surface area contributed by atoms with Crippen LogP contribution in [0, 0.1) is 5.82 Å². The minimum atomic E-state index is -0.326. The molecule has 0 bridgehead atoms. The second-order valence-corrected chi connectivity index (χ2v) is 6.48. The SMILES string of the molecule is CCOc1ccc([C@H]2CC(=O)Nc3c2cnn3-c2ccc(F)cc2)cc1OC. The number of fused-ring (bicyclic) bond motifs is 1. The van der Waals surface area contributed by atoms with Crippen molar-refractivity contribution < 1.29 is 18.7 Å². The van der Waals surface area contributed by atoms with E-state index in [1.54, 1.807) is 30.1 Å². The number of aromatic nitrogens is 2. The van der Waals surface area contributed by atoms with Gasteiger partial charge in [0.1, 0.15) is 11.6 Å². The van der Waals surface area contributed by atoms with Gasteiger partial charge in [-0.25, -0.2) is 9.07 Å². The Morgan fingerprint density at radius 3 is 2.71 bits per heavy atom. The maximum Gasteiger partial charge on any atom is 0.226 e. The second kappa shape index (κ2) is 7.34. The van der Waals surface area contributed by atoms with Crippen LogP contribution in [0.15, 0.2) is 48.7 Å². The van der Waals surface area contributed by atoms with E-state index < -0.39 is 0 Å². The number of methoxy groups -OCH3 is 1. The highest BCUT2D eigenvalue weighted by Crippen LogP contribution is 2.40. The molecule has 0 spiro atoms. The van der Waals surface area contributed by atoms with Gasteiger partial charge < -0.3 is 14.8 Å². The van der Waals surface area contributed by atoms with Crippen LogP contribution in [0.4, 0.5) is 10.2 Å². The minimum absolute atomic E-state index is 0.103. The molecular formula is C21H20FN3O3. The van der Waals surface area contributed by atoms with E-state index in [0.717, 1.165) is 11.1 Å². The average molecular weight is 381 g/mol. The molecule has 0 aliphatic carbocycles. The molecular weight excluding hydrogens is 361 g/mol. The van der Waals surface area contributed by atoms with Crippen LogP contribution in [0.5, 0.6) is 11.5 Å². The van der Waals surface area contributed by atoms with Crippen molar-refractivity contribution in [2.45, 2.75) is 19.3 Å². The number of anilines is 1. The summed E-state index contributed by atoms with van der Waals surface area (Å²) in [7, 11) is 1.59. The van der Waals surface area contributed by atoms with Crippen molar-refractivity contribution >= 4 is 11.7 Å². The first-order chi connectivity index (χ1) is 13.6. The van der Waals surface area contributed by atoms with Crippen LogP contribution in [0.1, 0.15) is 30.4 Å². The zero-order valence-corrected chi connectivity index (χ0v) is 15.6. The van der Waals surface area contributed by atoms with Gasteiger partial charge in [-0.1, -0.05) is 6.07 Å². The number of hydrogen-bond acceptors (Lipinski definition) is 4. The molecule has 1 aromatic heterocycles. The summed E-state index contributed by atoms with van der Waals surface area (Å²) in [6, 6.07) is 11.7. The molecule has 144 valence electrons. The summed E-state index contributed by atoms with van der Waals surface area (Å²) in [6.45, 7) is 2.45. The largest absolute Gasteiger partial charge is 0.493 e. The number of benzene rings is 2. The standard InChI is InChI=1S/C21H20FN3O3/c1-3-28-18-9-4-13(10-19(18)27-2)16-11-20(26)24-21-17(16)12-23-25(21)15-7-5-14(22)6-8-15/h4-10,12,16H,3,11H2,1-2H3,(H,24,26)/t16-/m1/s1. The number of carbonyl (C=O) groups is 1. The summed E-state index contributed by atoms with van der Waals surface area (Å²) in [5.41, 5.74) is 2.51. The van der Waals surface area contributed by atoms with Crippen molar-refractivity contribution in [3.8, 4) is 17.2 Å². The zero-order chi connectivity index (χ0) is 19.7. The second-order valence-electron chi connectivity index (χ2n) is 6.48. The van der Waals surface area contributed by atoms with E-state index in [9.17, 15) is 9.18 Å². The van der Waals surface area contributed by atoms with Crippen LogP contribution >= 0.6 is 0 Å². The Morgan fingerprint density at radius 2 is 2.00 bits per heavy atom. The third-order valence-corrected chi connectivity index (χ3v) is 4.78. The molecule has 1 aliphatic heterocycles. The molecule has 4 rings (SSSR count). The van der Waals surface area contributed by atoms with Crippen molar-refractivity contribution in [1.29, 1.82) is 0 Å². The Kier molecular flexibility index (Phi) is 4.73. The van der Waals surface area contributed by atoms with Crippen molar-refractivity contribution in [1.82, 2.24) is 9.78 Å². The molecule has 0 unspecified atom stereocenters. The number of carbonyl (C=O) groups excluding carboxylic acids is 1. The number of halogens is 1. The maximum atomic E-state index is 13.3. The van der Waals surface area contributed by atoms with E-state index in [0.29, 0.717) is 36.0 Å². The first-order valence-corrected chi connectivity index (χ1v) is 9.05. The molecule has 0 saturated carbocycles. The highest BCUT2D eigenvalue weighted by molar-refractivity contribution is 5.94. The van der Waals surface area contributed by atoms with Gasteiger partial charge in [0, 0.05) is 17.9 Å². The predicted molar refractivity (Wildman–Crippen MR) is 103 cm³/mol. The summed E-state index contributed by atoms with van der Waals surface area (Å²) < 4.78 is 25.9. The molecule has 0 saturated heterocycles. The van der Waals surface area contributed by atoms with Gasteiger partial charge in [-0.2, -0.15) is 5.10 Å². The fourth-order valence-electron chi connectivity index (χ4n) is 3.47. The predicted octanol–water partition coefficient (Wildman–Crippen LogP) is 3.89. The zero-order valence-electron chi connectivity index (χ0n) is 15.6. The van der Waals surface area contributed by atoms with Crippen LogP contribution in [-0.2, 0) is 4.79 Å². The van der Waals surface area contributed by atoms with Crippen molar-refractivity contribution in [2.24, 2.45) is 0 Å². The lowest BCUT2D eigenvalue weighted by atomic mass is 9.87. The fourth-order valence-corrected chi connectivity index (χ4v) is 3.47. The third-order valence-electron chi connectivity index (χ3n) is 4.78. The first kappa shape index (κ1) is 18.0. The van der Waals surface area contributed by atoms with E-state index in [4.69, 9.17) is 9.47 Å². The van der Waals surface area contributed by atoms with Gasteiger partial charge in [-0.15, -0.1) is 0 Å². The Balaban J connectivity index is 1.76. The fraction of sp³-hybridized carbons (Fsp3) is 0.238. The van der Waals surface area contributed by atoms with Gasteiger partial charge >= 0.3 is 0 Å². The number of nitrogens with one attached hydrogen (secondary N) is 1. The Labute approximate surface area is 161 Å². The Hall–Kier alpha value is -3.35. The van der Waals surface area contributed by atoms with Crippen LogP contribution in [0.25, 0.3) is 5.69 Å². The van der Waals surface area contributed by atoms with Gasteiger partial charge in [0.05, 0.1) is 25.6 Å². The molecule has 1 aliphatic rings. The van der Waals surface area contributed by atoms with E-state index in [-0.39, 0.29) is 17.6 Å². The molecule has 7 heteroatoms. The van der Waals surface area contributed by atoms with Gasteiger partial charge in [-0.3, -0.25) is 4.79 Å². The van der Waals surface area contributed by atoms with Crippen molar-refractivity contribution in [2.75, 3.05) is 19.0 Å². The Bertz CT molecular complexity index is 1010. The summed E-state index contributed by atoms with van der Waals surface area (Å²) in [6.07, 6.45) is 2.05. The first-order valence-electron chi connectivity index (χ1n) is 9.05. The van der Waals surface area contributed by atoms with Gasteiger partial charge in [0.15, 0.2) is 11.5 Å². The summed E-state index contributed by atoms with van der Waals surface area (Å²) >= 11 is 0. The lowest BCUT2D eigenvalue weighted by molar-refractivity contribution is -0.116. The number of nitrogens with zero attached hydrogens (tertiary/aromatic N) is 2. The van der Waals surface area contributed by atoms with Crippen LogP contribution in [0.2, 0.25) is 0 Å². The molecule has 1 atom stereocenters. The molecule has 28 heavy (non-hydrogen) atoms.